The Morgan fingerprint density at radius 2 is 1.70 bits per heavy atom. The first-order chi connectivity index (χ1) is 9.43. The lowest BCUT2D eigenvalue weighted by molar-refractivity contribution is -0.119. The minimum atomic E-state index is -0.110. The lowest BCUT2D eigenvalue weighted by atomic mass is 10.1. The SMILES string of the molecule is CNCC(C)C(=O)Nc1ccc(C(=O)NC(C)C)cc1. The second kappa shape index (κ2) is 7.65. The van der Waals surface area contributed by atoms with Gasteiger partial charge in [-0.3, -0.25) is 9.59 Å². The largest absolute Gasteiger partial charge is 0.350 e. The average molecular weight is 277 g/mol. The van der Waals surface area contributed by atoms with E-state index in [9.17, 15) is 9.59 Å². The summed E-state index contributed by atoms with van der Waals surface area (Å²) in [4.78, 5) is 23.6. The van der Waals surface area contributed by atoms with Crippen LogP contribution in [0.2, 0.25) is 0 Å². The van der Waals surface area contributed by atoms with E-state index < -0.39 is 0 Å². The summed E-state index contributed by atoms with van der Waals surface area (Å²) >= 11 is 0. The molecule has 0 aliphatic rings. The summed E-state index contributed by atoms with van der Waals surface area (Å²) < 4.78 is 0. The number of amides is 2. The van der Waals surface area contributed by atoms with Crippen molar-refractivity contribution < 1.29 is 9.59 Å². The highest BCUT2D eigenvalue weighted by atomic mass is 16.2. The molecule has 0 saturated heterocycles. The van der Waals surface area contributed by atoms with E-state index in [-0.39, 0.29) is 23.8 Å². The first-order valence-corrected chi connectivity index (χ1v) is 6.80. The Bertz CT molecular complexity index is 455. The maximum absolute atomic E-state index is 11.8. The lowest BCUT2D eigenvalue weighted by Crippen LogP contribution is -2.30. The maximum Gasteiger partial charge on any atom is 0.251 e. The van der Waals surface area contributed by atoms with E-state index in [1.807, 2.05) is 27.8 Å². The molecule has 1 aromatic carbocycles. The van der Waals surface area contributed by atoms with Crippen molar-refractivity contribution in [2.45, 2.75) is 26.8 Å². The van der Waals surface area contributed by atoms with Gasteiger partial charge in [0.1, 0.15) is 0 Å². The number of carbonyl (C=O) groups is 2. The molecule has 2 amide bonds. The summed E-state index contributed by atoms with van der Waals surface area (Å²) in [6, 6.07) is 6.98. The van der Waals surface area contributed by atoms with Crippen LogP contribution in [0.1, 0.15) is 31.1 Å². The molecule has 5 nitrogen and oxygen atoms in total. The summed E-state index contributed by atoms with van der Waals surface area (Å²) in [5.41, 5.74) is 1.28. The van der Waals surface area contributed by atoms with Crippen LogP contribution >= 0.6 is 0 Å². The number of nitrogens with one attached hydrogen (secondary N) is 3. The van der Waals surface area contributed by atoms with Crippen molar-refractivity contribution in [1.82, 2.24) is 10.6 Å². The maximum atomic E-state index is 11.8. The molecule has 0 radical (unpaired) electrons. The molecule has 1 unspecified atom stereocenters. The molecule has 3 N–H and O–H groups in total. The first kappa shape index (κ1) is 16.2. The van der Waals surface area contributed by atoms with E-state index in [4.69, 9.17) is 0 Å². The Labute approximate surface area is 120 Å². The van der Waals surface area contributed by atoms with Crippen LogP contribution in [-0.2, 0) is 4.79 Å². The summed E-state index contributed by atoms with van der Waals surface area (Å²) in [6.45, 7) is 6.31. The van der Waals surface area contributed by atoms with Crippen molar-refractivity contribution in [3.63, 3.8) is 0 Å². The van der Waals surface area contributed by atoms with Crippen molar-refractivity contribution in [2.24, 2.45) is 5.92 Å². The smallest absolute Gasteiger partial charge is 0.251 e. The van der Waals surface area contributed by atoms with Crippen LogP contribution in [0.25, 0.3) is 0 Å². The van der Waals surface area contributed by atoms with E-state index in [0.29, 0.717) is 17.8 Å². The van der Waals surface area contributed by atoms with Gasteiger partial charge in [0, 0.05) is 29.8 Å². The zero-order valence-corrected chi connectivity index (χ0v) is 12.5. The molecule has 0 bridgehead atoms. The van der Waals surface area contributed by atoms with Crippen LogP contribution in [0.15, 0.2) is 24.3 Å². The number of rotatable bonds is 6. The molecule has 20 heavy (non-hydrogen) atoms. The summed E-state index contributed by atoms with van der Waals surface area (Å²) in [5, 5.41) is 8.61. The molecule has 0 aromatic heterocycles. The third kappa shape index (κ3) is 5.01. The van der Waals surface area contributed by atoms with Gasteiger partial charge < -0.3 is 16.0 Å². The first-order valence-electron chi connectivity index (χ1n) is 6.80. The van der Waals surface area contributed by atoms with Crippen molar-refractivity contribution in [3.8, 4) is 0 Å². The predicted molar refractivity (Wildman–Crippen MR) is 80.8 cm³/mol. The average Bonchev–Trinajstić information content (AvgIpc) is 2.39. The van der Waals surface area contributed by atoms with Crippen LogP contribution in [0, 0.1) is 5.92 Å². The van der Waals surface area contributed by atoms with Crippen LogP contribution in [-0.4, -0.2) is 31.4 Å². The van der Waals surface area contributed by atoms with Crippen molar-refractivity contribution in [2.75, 3.05) is 18.9 Å². The topological polar surface area (TPSA) is 70.2 Å². The van der Waals surface area contributed by atoms with Crippen LogP contribution in [0.4, 0.5) is 5.69 Å². The number of carbonyl (C=O) groups excluding carboxylic acids is 2. The summed E-state index contributed by atoms with van der Waals surface area (Å²) in [6.07, 6.45) is 0. The molecule has 1 atom stereocenters. The van der Waals surface area contributed by atoms with E-state index in [0.717, 1.165) is 0 Å². The fourth-order valence-corrected chi connectivity index (χ4v) is 1.71. The van der Waals surface area contributed by atoms with Gasteiger partial charge >= 0.3 is 0 Å². The Morgan fingerprint density at radius 3 is 2.20 bits per heavy atom. The fourth-order valence-electron chi connectivity index (χ4n) is 1.71. The van der Waals surface area contributed by atoms with Gasteiger partial charge in [-0.25, -0.2) is 0 Å². The van der Waals surface area contributed by atoms with E-state index in [1.165, 1.54) is 0 Å². The second-order valence-electron chi connectivity index (χ2n) is 5.15. The zero-order valence-electron chi connectivity index (χ0n) is 12.5. The van der Waals surface area contributed by atoms with Crippen LogP contribution in [0.5, 0.6) is 0 Å². The normalized spacial score (nSPS) is 12.1. The molecule has 0 aliphatic carbocycles. The molecule has 0 saturated carbocycles. The van der Waals surface area contributed by atoms with Crippen LogP contribution in [0.3, 0.4) is 0 Å². The summed E-state index contributed by atoms with van der Waals surface area (Å²) in [5.74, 6) is -0.260. The van der Waals surface area contributed by atoms with Crippen molar-refractivity contribution in [1.29, 1.82) is 0 Å². The van der Waals surface area contributed by atoms with Crippen LogP contribution < -0.4 is 16.0 Å². The van der Waals surface area contributed by atoms with E-state index >= 15 is 0 Å². The predicted octanol–water partition coefficient (Wildman–Crippen LogP) is 1.62. The third-order valence-corrected chi connectivity index (χ3v) is 2.79. The molecule has 110 valence electrons. The molecular formula is C15H23N3O2. The Hall–Kier alpha value is -1.88. The number of hydrogen-bond acceptors (Lipinski definition) is 3. The quantitative estimate of drug-likeness (QED) is 0.740. The number of hydrogen-bond donors (Lipinski definition) is 3. The zero-order chi connectivity index (χ0) is 15.1. The fraction of sp³-hybridized carbons (Fsp3) is 0.467. The monoisotopic (exact) mass is 277 g/mol. The second-order valence-corrected chi connectivity index (χ2v) is 5.15. The Kier molecular flexibility index (Phi) is 6.18. The van der Waals surface area contributed by atoms with Gasteiger partial charge in [-0.05, 0) is 45.2 Å². The highest BCUT2D eigenvalue weighted by Gasteiger charge is 2.12. The third-order valence-electron chi connectivity index (χ3n) is 2.79. The van der Waals surface area contributed by atoms with E-state index in [1.54, 1.807) is 24.3 Å². The van der Waals surface area contributed by atoms with Gasteiger partial charge in [-0.1, -0.05) is 6.92 Å². The number of benzene rings is 1. The van der Waals surface area contributed by atoms with Gasteiger partial charge in [-0.15, -0.1) is 0 Å². The van der Waals surface area contributed by atoms with Gasteiger partial charge in [0.2, 0.25) is 5.91 Å². The summed E-state index contributed by atoms with van der Waals surface area (Å²) in [7, 11) is 1.81. The van der Waals surface area contributed by atoms with Gasteiger partial charge in [0.25, 0.3) is 5.91 Å². The molecule has 1 aromatic rings. The minimum Gasteiger partial charge on any atom is -0.350 e. The Balaban J connectivity index is 2.63. The van der Waals surface area contributed by atoms with Crippen molar-refractivity contribution >= 4 is 17.5 Å². The highest BCUT2D eigenvalue weighted by molar-refractivity contribution is 5.96. The van der Waals surface area contributed by atoms with Gasteiger partial charge in [-0.2, -0.15) is 0 Å². The van der Waals surface area contributed by atoms with E-state index in [2.05, 4.69) is 16.0 Å². The molecule has 0 spiro atoms. The molecule has 0 fully saturated rings. The van der Waals surface area contributed by atoms with Gasteiger partial charge in [0.15, 0.2) is 0 Å². The number of anilines is 1. The van der Waals surface area contributed by atoms with Crippen molar-refractivity contribution in [3.05, 3.63) is 29.8 Å². The lowest BCUT2D eigenvalue weighted by Gasteiger charge is -2.12. The molecule has 5 heteroatoms. The molecule has 0 aliphatic heterocycles. The molecule has 0 heterocycles. The minimum absolute atomic E-state index is 0.0428. The molecule has 1 rings (SSSR count). The molecular weight excluding hydrogens is 254 g/mol. The van der Waals surface area contributed by atoms with Gasteiger partial charge in [0.05, 0.1) is 0 Å². The Morgan fingerprint density at radius 1 is 1.10 bits per heavy atom. The highest BCUT2D eigenvalue weighted by Crippen LogP contribution is 2.11. The standard InChI is InChI=1S/C15H23N3O2/c1-10(2)17-15(20)12-5-7-13(8-6-12)18-14(19)11(3)9-16-4/h5-8,10-11,16H,9H2,1-4H3,(H,17,20)(H,18,19).